The van der Waals surface area contributed by atoms with Gasteiger partial charge in [0.15, 0.2) is 5.13 Å². The van der Waals surface area contributed by atoms with E-state index >= 15 is 0 Å². The van der Waals surface area contributed by atoms with Crippen molar-refractivity contribution in [2.45, 2.75) is 6.92 Å². The molecule has 7 heteroatoms. The predicted molar refractivity (Wildman–Crippen MR) is 136 cm³/mol. The second-order valence-corrected chi connectivity index (χ2v) is 8.96. The van der Waals surface area contributed by atoms with Crippen LogP contribution in [0.2, 0.25) is 0 Å². The van der Waals surface area contributed by atoms with Crippen molar-refractivity contribution in [2.24, 2.45) is 5.10 Å². The Bertz CT molecular complexity index is 1200. The third kappa shape index (κ3) is 5.77. The number of carbonyl (C=O) groups excluding carboxylic acids is 1. The van der Waals surface area contributed by atoms with Crippen LogP contribution >= 0.6 is 33.9 Å². The van der Waals surface area contributed by atoms with E-state index in [4.69, 9.17) is 0 Å². The van der Waals surface area contributed by atoms with E-state index in [1.165, 1.54) is 5.56 Å². The van der Waals surface area contributed by atoms with Gasteiger partial charge in [-0.1, -0.05) is 42.0 Å². The minimum absolute atomic E-state index is 0.256. The number of aryl methyl sites for hydroxylation is 1. The van der Waals surface area contributed by atoms with Crippen LogP contribution in [0.1, 0.15) is 21.5 Å². The lowest BCUT2D eigenvalue weighted by Crippen LogP contribution is -2.17. The van der Waals surface area contributed by atoms with E-state index in [0.717, 1.165) is 31.2 Å². The molecule has 5 nitrogen and oxygen atoms in total. The predicted octanol–water partition coefficient (Wildman–Crippen LogP) is 6.23. The van der Waals surface area contributed by atoms with Crippen molar-refractivity contribution in [1.82, 2.24) is 10.4 Å². The first-order valence-corrected chi connectivity index (χ1v) is 11.5. The minimum atomic E-state index is -0.256. The minimum Gasteiger partial charge on any atom is -0.332 e. The van der Waals surface area contributed by atoms with Gasteiger partial charge in [-0.2, -0.15) is 5.10 Å². The molecule has 154 valence electrons. The van der Waals surface area contributed by atoms with Gasteiger partial charge in [-0.15, -0.1) is 11.3 Å². The molecule has 0 atom stereocenters. The lowest BCUT2D eigenvalue weighted by Gasteiger charge is -2.03. The Morgan fingerprint density at radius 3 is 2.42 bits per heavy atom. The Kier molecular flexibility index (Phi) is 6.73. The standard InChI is InChI=1S/C24H19IN4OS/c1-16-2-12-21(13-3-16)27-24-28-22(15-31-24)18-6-8-19(9-7-18)23(30)29-26-14-17-4-10-20(25)11-5-17/h2-15H,1H3,(H,27,28)(H,29,30)/b26-14-. The van der Waals surface area contributed by atoms with E-state index < -0.39 is 0 Å². The van der Waals surface area contributed by atoms with Crippen LogP contribution in [0.5, 0.6) is 0 Å². The maximum absolute atomic E-state index is 12.3. The van der Waals surface area contributed by atoms with Crippen LogP contribution in [0.3, 0.4) is 0 Å². The van der Waals surface area contributed by atoms with Crippen LogP contribution in [0.15, 0.2) is 83.3 Å². The smallest absolute Gasteiger partial charge is 0.271 e. The van der Waals surface area contributed by atoms with Gasteiger partial charge in [0.1, 0.15) is 0 Å². The number of hydrogen-bond acceptors (Lipinski definition) is 5. The molecule has 4 aromatic rings. The highest BCUT2D eigenvalue weighted by Gasteiger charge is 2.08. The summed E-state index contributed by atoms with van der Waals surface area (Å²) in [6, 6.07) is 23.4. The third-order valence-electron chi connectivity index (χ3n) is 4.50. The fraction of sp³-hybridized carbons (Fsp3) is 0.0417. The molecule has 0 unspecified atom stereocenters. The quantitative estimate of drug-likeness (QED) is 0.174. The summed E-state index contributed by atoms with van der Waals surface area (Å²) < 4.78 is 1.15. The van der Waals surface area contributed by atoms with Crippen molar-refractivity contribution in [2.75, 3.05) is 5.32 Å². The number of rotatable bonds is 6. The highest BCUT2D eigenvalue weighted by atomic mass is 127. The Hall–Kier alpha value is -3.04. The number of carbonyl (C=O) groups is 1. The number of anilines is 2. The summed E-state index contributed by atoms with van der Waals surface area (Å²) in [4.78, 5) is 17.0. The second kappa shape index (κ2) is 9.84. The molecule has 0 bridgehead atoms. The number of hydrazone groups is 1. The van der Waals surface area contributed by atoms with Gasteiger partial charge in [-0.3, -0.25) is 4.79 Å². The zero-order valence-corrected chi connectivity index (χ0v) is 19.6. The van der Waals surface area contributed by atoms with Crippen molar-refractivity contribution < 1.29 is 4.79 Å². The molecule has 2 N–H and O–H groups in total. The molecule has 31 heavy (non-hydrogen) atoms. The first-order chi connectivity index (χ1) is 15.1. The number of nitrogens with one attached hydrogen (secondary N) is 2. The van der Waals surface area contributed by atoms with Crippen molar-refractivity contribution >= 4 is 56.9 Å². The van der Waals surface area contributed by atoms with Gasteiger partial charge in [0.2, 0.25) is 0 Å². The topological polar surface area (TPSA) is 66.4 Å². The number of amides is 1. The summed E-state index contributed by atoms with van der Waals surface area (Å²) in [5, 5.41) is 10.2. The summed E-state index contributed by atoms with van der Waals surface area (Å²) in [5.74, 6) is -0.256. The lowest BCUT2D eigenvalue weighted by molar-refractivity contribution is 0.0955. The summed E-state index contributed by atoms with van der Waals surface area (Å²) in [6.07, 6.45) is 1.63. The highest BCUT2D eigenvalue weighted by molar-refractivity contribution is 14.1. The molecule has 0 saturated carbocycles. The SMILES string of the molecule is Cc1ccc(Nc2nc(-c3ccc(C(=O)N/N=C\c4ccc(I)cc4)cc3)cs2)cc1. The molecule has 1 aromatic heterocycles. The van der Waals surface area contributed by atoms with Crippen LogP contribution in [-0.4, -0.2) is 17.1 Å². The average molecular weight is 538 g/mol. The van der Waals surface area contributed by atoms with E-state index in [9.17, 15) is 4.79 Å². The average Bonchev–Trinajstić information content (AvgIpc) is 3.25. The molecule has 0 aliphatic rings. The molecule has 0 radical (unpaired) electrons. The molecule has 0 aliphatic heterocycles. The highest BCUT2D eigenvalue weighted by Crippen LogP contribution is 2.27. The van der Waals surface area contributed by atoms with Crippen LogP contribution in [-0.2, 0) is 0 Å². The van der Waals surface area contributed by atoms with Gasteiger partial charge >= 0.3 is 0 Å². The van der Waals surface area contributed by atoms with Crippen LogP contribution in [0, 0.1) is 10.5 Å². The first kappa shape index (κ1) is 21.2. The fourth-order valence-corrected chi connectivity index (χ4v) is 3.89. The summed E-state index contributed by atoms with van der Waals surface area (Å²) in [5.41, 5.74) is 8.06. The van der Waals surface area contributed by atoms with E-state index in [1.807, 2.05) is 53.9 Å². The van der Waals surface area contributed by atoms with Gasteiger partial charge in [-0.25, -0.2) is 10.4 Å². The van der Waals surface area contributed by atoms with Gasteiger partial charge in [-0.05, 0) is 71.5 Å². The normalized spacial score (nSPS) is 10.9. The van der Waals surface area contributed by atoms with Gasteiger partial charge < -0.3 is 5.32 Å². The number of benzene rings is 3. The fourth-order valence-electron chi connectivity index (χ4n) is 2.80. The molecule has 0 saturated heterocycles. The number of halogens is 1. The van der Waals surface area contributed by atoms with Gasteiger partial charge in [0.25, 0.3) is 5.91 Å². The van der Waals surface area contributed by atoms with E-state index in [-0.39, 0.29) is 5.91 Å². The van der Waals surface area contributed by atoms with Gasteiger partial charge in [0.05, 0.1) is 11.9 Å². The third-order valence-corrected chi connectivity index (χ3v) is 5.98. The molecule has 1 heterocycles. The van der Waals surface area contributed by atoms with Crippen LogP contribution in [0.4, 0.5) is 10.8 Å². The second-order valence-electron chi connectivity index (χ2n) is 6.86. The number of nitrogens with zero attached hydrogens (tertiary/aromatic N) is 2. The first-order valence-electron chi connectivity index (χ1n) is 9.55. The Morgan fingerprint density at radius 2 is 1.71 bits per heavy atom. The number of hydrogen-bond donors (Lipinski definition) is 2. The molecule has 3 aromatic carbocycles. The van der Waals surface area contributed by atoms with E-state index in [1.54, 1.807) is 29.7 Å². The Balaban J connectivity index is 1.37. The largest absolute Gasteiger partial charge is 0.332 e. The van der Waals surface area contributed by atoms with Crippen molar-refractivity contribution in [3.05, 3.63) is 98.4 Å². The molecular weight excluding hydrogens is 519 g/mol. The maximum Gasteiger partial charge on any atom is 0.271 e. The molecule has 0 aliphatic carbocycles. The zero-order chi connectivity index (χ0) is 21.6. The van der Waals surface area contributed by atoms with E-state index in [0.29, 0.717) is 5.56 Å². The summed E-state index contributed by atoms with van der Waals surface area (Å²) in [6.45, 7) is 2.06. The molecular formula is C24H19IN4OS. The van der Waals surface area contributed by atoms with Crippen LogP contribution < -0.4 is 10.7 Å². The van der Waals surface area contributed by atoms with Gasteiger partial charge in [0, 0.05) is 25.8 Å². The number of thiazole rings is 1. The van der Waals surface area contributed by atoms with Crippen molar-refractivity contribution in [1.29, 1.82) is 0 Å². The molecule has 0 fully saturated rings. The molecule has 1 amide bonds. The number of aromatic nitrogens is 1. The lowest BCUT2D eigenvalue weighted by atomic mass is 10.1. The van der Waals surface area contributed by atoms with Crippen molar-refractivity contribution in [3.63, 3.8) is 0 Å². The zero-order valence-electron chi connectivity index (χ0n) is 16.7. The summed E-state index contributed by atoms with van der Waals surface area (Å²) in [7, 11) is 0. The monoisotopic (exact) mass is 538 g/mol. The van der Waals surface area contributed by atoms with E-state index in [2.05, 4.69) is 62.5 Å². The molecule has 4 rings (SSSR count). The molecule has 0 spiro atoms. The van der Waals surface area contributed by atoms with Crippen LogP contribution in [0.25, 0.3) is 11.3 Å². The maximum atomic E-state index is 12.3. The summed E-state index contributed by atoms with van der Waals surface area (Å²) >= 11 is 3.79. The van der Waals surface area contributed by atoms with Crippen molar-refractivity contribution in [3.8, 4) is 11.3 Å². The Morgan fingerprint density at radius 1 is 1.00 bits per heavy atom. The Labute approximate surface area is 198 Å².